The second-order valence-corrected chi connectivity index (χ2v) is 6.39. The van der Waals surface area contributed by atoms with E-state index >= 15 is 0 Å². The number of amides is 1. The fourth-order valence-corrected chi connectivity index (χ4v) is 2.73. The van der Waals surface area contributed by atoms with E-state index in [0.717, 1.165) is 37.4 Å². The van der Waals surface area contributed by atoms with Crippen LogP contribution >= 0.6 is 0 Å². The molecule has 1 amide bonds. The number of ether oxygens (including phenoxy) is 1. The van der Waals surface area contributed by atoms with E-state index in [1.807, 2.05) is 12.1 Å². The van der Waals surface area contributed by atoms with Crippen molar-refractivity contribution in [1.29, 1.82) is 0 Å². The first kappa shape index (κ1) is 19.1. The Morgan fingerprint density at radius 3 is 2.84 bits per heavy atom. The molecule has 1 unspecified atom stereocenters. The third-order valence-electron chi connectivity index (χ3n) is 4.47. The molecule has 25 heavy (non-hydrogen) atoms. The summed E-state index contributed by atoms with van der Waals surface area (Å²) in [6.07, 6.45) is 5.01. The molecule has 2 heterocycles. The molecule has 1 aromatic heterocycles. The summed E-state index contributed by atoms with van der Waals surface area (Å²) < 4.78 is 10.1. The summed E-state index contributed by atoms with van der Waals surface area (Å²) in [7, 11) is 1.42. The summed E-state index contributed by atoms with van der Waals surface area (Å²) >= 11 is 0. The molecule has 1 aliphatic heterocycles. The zero-order valence-corrected chi connectivity index (χ0v) is 15.5. The molecule has 0 aliphatic carbocycles. The van der Waals surface area contributed by atoms with E-state index in [1.54, 1.807) is 11.2 Å². The lowest BCUT2D eigenvalue weighted by atomic mass is 10.1. The number of piperidine rings is 1. The molecule has 7 heteroatoms. The molecule has 1 fully saturated rings. The SMILES string of the molecule is CCC(C)NC(=NCCc1ccco1)NC1CCN(C(=O)OC)CC1. The molecule has 1 aliphatic rings. The molecule has 2 N–H and O–H groups in total. The smallest absolute Gasteiger partial charge is 0.409 e. The minimum absolute atomic E-state index is 0.247. The molecule has 7 nitrogen and oxygen atoms in total. The van der Waals surface area contributed by atoms with E-state index in [9.17, 15) is 4.79 Å². The molecule has 1 saturated heterocycles. The predicted molar refractivity (Wildman–Crippen MR) is 97.7 cm³/mol. The summed E-state index contributed by atoms with van der Waals surface area (Å²) in [5, 5.41) is 6.95. The quantitative estimate of drug-likeness (QED) is 0.608. The monoisotopic (exact) mass is 350 g/mol. The summed E-state index contributed by atoms with van der Waals surface area (Å²) in [6.45, 7) is 6.36. The van der Waals surface area contributed by atoms with Crippen LogP contribution in [0.15, 0.2) is 27.8 Å². The van der Waals surface area contributed by atoms with E-state index in [0.29, 0.717) is 31.7 Å². The highest BCUT2D eigenvalue weighted by Gasteiger charge is 2.23. The minimum Gasteiger partial charge on any atom is -0.469 e. The number of nitrogens with one attached hydrogen (secondary N) is 2. The average molecular weight is 350 g/mol. The highest BCUT2D eigenvalue weighted by atomic mass is 16.5. The van der Waals surface area contributed by atoms with Gasteiger partial charge in [0.2, 0.25) is 0 Å². The maximum atomic E-state index is 11.6. The Morgan fingerprint density at radius 2 is 2.24 bits per heavy atom. The number of carbonyl (C=O) groups is 1. The van der Waals surface area contributed by atoms with Gasteiger partial charge >= 0.3 is 6.09 Å². The number of methoxy groups -OCH3 is 1. The van der Waals surface area contributed by atoms with Gasteiger partial charge < -0.3 is 24.7 Å². The van der Waals surface area contributed by atoms with Crippen LogP contribution in [0.4, 0.5) is 4.79 Å². The van der Waals surface area contributed by atoms with Crippen molar-refractivity contribution in [2.45, 2.75) is 51.6 Å². The van der Waals surface area contributed by atoms with Crippen molar-refractivity contribution in [2.75, 3.05) is 26.7 Å². The molecule has 1 aromatic rings. The van der Waals surface area contributed by atoms with Gasteiger partial charge in [-0.3, -0.25) is 4.99 Å². The number of furan rings is 1. The number of nitrogens with zero attached hydrogens (tertiary/aromatic N) is 2. The molecular formula is C18H30N4O3. The standard InChI is InChI=1S/C18H30N4O3/c1-4-14(2)20-17(19-10-7-16-6-5-13-25-16)21-15-8-11-22(12-9-15)18(23)24-3/h5-6,13-15H,4,7-12H2,1-3H3,(H2,19,20,21). The van der Waals surface area contributed by atoms with E-state index in [2.05, 4.69) is 29.5 Å². The third kappa shape index (κ3) is 6.32. The number of aliphatic imine (C=N–C) groups is 1. The van der Waals surface area contributed by atoms with Crippen molar-refractivity contribution in [2.24, 2.45) is 4.99 Å². The molecule has 0 spiro atoms. The van der Waals surface area contributed by atoms with Gasteiger partial charge in [0.1, 0.15) is 5.76 Å². The highest BCUT2D eigenvalue weighted by molar-refractivity contribution is 5.80. The van der Waals surface area contributed by atoms with Crippen LogP contribution in [0.25, 0.3) is 0 Å². The van der Waals surface area contributed by atoms with Gasteiger partial charge in [-0.05, 0) is 38.3 Å². The van der Waals surface area contributed by atoms with Crippen molar-refractivity contribution in [3.63, 3.8) is 0 Å². The number of likely N-dealkylation sites (tertiary alicyclic amines) is 1. The van der Waals surface area contributed by atoms with Crippen molar-refractivity contribution in [1.82, 2.24) is 15.5 Å². The van der Waals surface area contributed by atoms with Crippen molar-refractivity contribution in [3.8, 4) is 0 Å². The summed E-state index contributed by atoms with van der Waals surface area (Å²) in [5.74, 6) is 1.77. The van der Waals surface area contributed by atoms with Gasteiger partial charge in [0.05, 0.1) is 13.4 Å². The van der Waals surface area contributed by atoms with E-state index in [4.69, 9.17) is 9.15 Å². The molecule has 140 valence electrons. The first-order chi connectivity index (χ1) is 12.1. The topological polar surface area (TPSA) is 79.1 Å². The van der Waals surface area contributed by atoms with E-state index in [1.165, 1.54) is 7.11 Å². The summed E-state index contributed by atoms with van der Waals surface area (Å²) in [6, 6.07) is 4.52. The number of carbonyl (C=O) groups excluding carboxylic acids is 1. The lowest BCUT2D eigenvalue weighted by Gasteiger charge is -2.32. The average Bonchev–Trinajstić information content (AvgIpc) is 3.15. The van der Waals surface area contributed by atoms with Gasteiger partial charge in [-0.15, -0.1) is 0 Å². The van der Waals surface area contributed by atoms with Crippen LogP contribution in [-0.4, -0.2) is 55.8 Å². The normalized spacial score (nSPS) is 17.2. The largest absolute Gasteiger partial charge is 0.469 e. The first-order valence-corrected chi connectivity index (χ1v) is 9.05. The Labute approximate surface area is 149 Å². The van der Waals surface area contributed by atoms with E-state index < -0.39 is 0 Å². The van der Waals surface area contributed by atoms with Crippen LogP contribution in [0, 0.1) is 0 Å². The lowest BCUT2D eigenvalue weighted by Crippen LogP contribution is -2.51. The highest BCUT2D eigenvalue weighted by Crippen LogP contribution is 2.11. The number of guanidine groups is 1. The number of hydrogen-bond donors (Lipinski definition) is 2. The Balaban J connectivity index is 1.86. The van der Waals surface area contributed by atoms with Gasteiger partial charge in [0, 0.05) is 38.1 Å². The van der Waals surface area contributed by atoms with E-state index in [-0.39, 0.29) is 6.09 Å². The molecule has 0 aromatic carbocycles. The van der Waals surface area contributed by atoms with Crippen LogP contribution in [0.2, 0.25) is 0 Å². The number of hydrogen-bond acceptors (Lipinski definition) is 4. The lowest BCUT2D eigenvalue weighted by molar-refractivity contribution is 0.111. The maximum absolute atomic E-state index is 11.6. The Morgan fingerprint density at radius 1 is 1.48 bits per heavy atom. The predicted octanol–water partition coefficient (Wildman–Crippen LogP) is 2.39. The summed E-state index contributed by atoms with van der Waals surface area (Å²) in [5.41, 5.74) is 0. The van der Waals surface area contributed by atoms with Crippen molar-refractivity contribution >= 4 is 12.1 Å². The Kier molecular flexibility index (Phi) is 7.63. The molecular weight excluding hydrogens is 320 g/mol. The minimum atomic E-state index is -0.247. The molecule has 1 atom stereocenters. The van der Waals surface area contributed by atoms with Crippen LogP contribution in [0.3, 0.4) is 0 Å². The fourth-order valence-electron chi connectivity index (χ4n) is 2.73. The summed E-state index contributed by atoms with van der Waals surface area (Å²) in [4.78, 5) is 18.0. The first-order valence-electron chi connectivity index (χ1n) is 9.05. The Hall–Kier alpha value is -2.18. The second kappa shape index (κ2) is 9.96. The molecule has 0 radical (unpaired) electrons. The second-order valence-electron chi connectivity index (χ2n) is 6.39. The van der Waals surface area contributed by atoms with Gasteiger partial charge in [-0.2, -0.15) is 0 Å². The Bertz CT molecular complexity index is 537. The van der Waals surface area contributed by atoms with Crippen LogP contribution in [0.5, 0.6) is 0 Å². The van der Waals surface area contributed by atoms with Gasteiger partial charge in [-0.1, -0.05) is 6.92 Å². The van der Waals surface area contributed by atoms with Crippen LogP contribution < -0.4 is 10.6 Å². The van der Waals surface area contributed by atoms with Crippen LogP contribution in [0.1, 0.15) is 38.9 Å². The fraction of sp³-hybridized carbons (Fsp3) is 0.667. The van der Waals surface area contributed by atoms with Gasteiger partial charge in [0.25, 0.3) is 0 Å². The molecule has 0 bridgehead atoms. The van der Waals surface area contributed by atoms with Crippen LogP contribution in [-0.2, 0) is 11.2 Å². The van der Waals surface area contributed by atoms with Crippen molar-refractivity contribution in [3.05, 3.63) is 24.2 Å². The maximum Gasteiger partial charge on any atom is 0.409 e. The van der Waals surface area contributed by atoms with Gasteiger partial charge in [-0.25, -0.2) is 4.79 Å². The zero-order chi connectivity index (χ0) is 18.1. The molecule has 2 rings (SSSR count). The van der Waals surface area contributed by atoms with Crippen molar-refractivity contribution < 1.29 is 13.9 Å². The van der Waals surface area contributed by atoms with Gasteiger partial charge in [0.15, 0.2) is 5.96 Å². The zero-order valence-electron chi connectivity index (χ0n) is 15.5. The number of rotatable bonds is 6. The third-order valence-corrected chi connectivity index (χ3v) is 4.47. The molecule has 0 saturated carbocycles.